The van der Waals surface area contributed by atoms with Gasteiger partial charge in [0, 0.05) is 92.4 Å². The Kier molecular flexibility index (Phi) is 18.3. The van der Waals surface area contributed by atoms with Crippen molar-refractivity contribution in [1.29, 1.82) is 0 Å². The maximum atomic E-state index is 8.12. The van der Waals surface area contributed by atoms with Crippen LogP contribution < -0.4 is 23.2 Å². The van der Waals surface area contributed by atoms with Crippen molar-refractivity contribution in [2.75, 3.05) is 0 Å². The first-order valence-corrected chi connectivity index (χ1v) is 43.1. The van der Waals surface area contributed by atoms with Crippen LogP contribution in [-0.2, 0) is 35.2 Å². The molecule has 10 aromatic heterocycles. The van der Waals surface area contributed by atoms with Crippen LogP contribution in [0.5, 0.6) is 0 Å². The van der Waals surface area contributed by atoms with Crippen LogP contribution in [0.25, 0.3) is 220 Å². The van der Waals surface area contributed by atoms with E-state index < -0.39 is 13.7 Å². The van der Waals surface area contributed by atoms with Gasteiger partial charge in [0.2, 0.25) is 17.1 Å². The minimum atomic E-state index is -2.25. The molecule has 0 aliphatic carbocycles. The van der Waals surface area contributed by atoms with E-state index in [0.717, 1.165) is 183 Å². The Labute approximate surface area is 752 Å². The molecule has 0 fully saturated rings. The Morgan fingerprint density at radius 3 is 1.09 bits per heavy atom. The predicted molar refractivity (Wildman–Crippen MR) is 521 cm³/mol. The smallest absolute Gasteiger partial charge is 0.334 e. The molecule has 0 saturated carbocycles. The molecule has 0 spiro atoms. The van der Waals surface area contributed by atoms with E-state index in [1.165, 1.54) is 60.0 Å². The van der Waals surface area contributed by atoms with E-state index in [1.54, 1.807) is 42.3 Å². The molecule has 624 valence electrons. The van der Waals surface area contributed by atoms with Crippen molar-refractivity contribution in [3.8, 4) is 56.5 Å². The van der Waals surface area contributed by atoms with Gasteiger partial charge >= 0.3 is 11.6 Å². The van der Waals surface area contributed by atoms with Crippen LogP contribution in [0.2, 0.25) is 0 Å². The summed E-state index contributed by atoms with van der Waals surface area (Å²) in [6, 6.07) is 92.9. The fraction of sp³-hybridized carbons (Fsp3) is 0.123. The molecular formula is C114H93N10O5+5. The average Bonchev–Trinajstić information content (AvgIpc) is 1.59. The van der Waals surface area contributed by atoms with E-state index in [9.17, 15) is 0 Å². The zero-order chi connectivity index (χ0) is 93.3. The Morgan fingerprint density at radius 2 is 0.659 bits per heavy atom. The van der Waals surface area contributed by atoms with Crippen molar-refractivity contribution in [3.05, 3.63) is 360 Å². The summed E-state index contributed by atoms with van der Waals surface area (Å²) in [4.78, 5) is 9.17. The Bertz CT molecular complexity index is 9180. The SMILES string of the molecule is Cc1cc2c(oc3cc4ccccc4cc32)c(-c2nccc[n+]2C)c1C.Cc1ccc2c(oc3cc4ccccc4cc32)c1-c1cccn[n+]1C.Cc1cn[n+](C)c(-c2c(C)ccc3c2oc2cc4ccccc4cc23)c1.[2H]C([2H])([2H])c1cc(C)c(-c2nccc[n+]2C)c2oc3cc4ccccc4cc3c12.[2H]C([2H])([2H])c1ccc(-c2c(C)ccc3c2oc2cc4ccccc4cc23)[n+](C)n1. The van der Waals surface area contributed by atoms with Crippen molar-refractivity contribution < 1.29 is 53.5 Å². The standard InChI is InChI=1S/4C23H19N2O.C22H17N2O/c1-14-11-19-18-12-16-7-4-5-8-17(16)13-20(18)26-22(19)21(15(14)2)23-24-9-6-10-25(23)3;1-14-11-15(2)21(23-24-9-6-10-25(23)3)22-20(14)18-12-16-7-4-5-8-17(16)13-19(18)26-22;1-14-8-10-18-19-12-16-6-4-5-7-17(16)13-21(19)26-23(18)22(14)20-11-9-15(2)24-25(20)3;1-14-10-20(25(3)24-13-14)22-15(2)8-9-18-19-11-16-6-4-5-7-17(16)12-21(19)26-23(18)22;1-14-9-10-17-18-12-15-6-3-4-7-16(15)13-20(18)25-22(17)21(14)19-8-5-11-23-24(19)2/h4*4-13H,1-3H3;3-13H,1-2H3/q5*+1/i;1D3;2D3;;. The summed E-state index contributed by atoms with van der Waals surface area (Å²) in [6.45, 7) is 10.0. The summed E-state index contributed by atoms with van der Waals surface area (Å²) >= 11 is 0. The van der Waals surface area contributed by atoms with Crippen LogP contribution in [0.1, 0.15) is 58.4 Å². The lowest BCUT2D eigenvalue weighted by Gasteiger charge is -2.07. The fourth-order valence-electron chi connectivity index (χ4n) is 18.6. The summed E-state index contributed by atoms with van der Waals surface area (Å²) in [5, 5.41) is 35.2. The normalized spacial score (nSPS) is 12.5. The second kappa shape index (κ2) is 32.2. The molecule has 15 nitrogen and oxygen atoms in total. The van der Waals surface area contributed by atoms with Gasteiger partial charge in [-0.05, 0) is 265 Å². The van der Waals surface area contributed by atoms with E-state index in [1.807, 2.05) is 152 Å². The molecule has 15 aromatic carbocycles. The van der Waals surface area contributed by atoms with Crippen LogP contribution in [0.15, 0.2) is 332 Å². The van der Waals surface area contributed by atoms with Crippen molar-refractivity contribution in [1.82, 2.24) is 25.3 Å². The van der Waals surface area contributed by atoms with Gasteiger partial charge in [0.15, 0.2) is 32.3 Å². The zero-order valence-electron chi connectivity index (χ0n) is 79.5. The van der Waals surface area contributed by atoms with E-state index in [0.29, 0.717) is 22.1 Å². The molecule has 10 heterocycles. The molecule has 0 saturated heterocycles. The first-order valence-electron chi connectivity index (χ1n) is 46.1. The maximum Gasteiger partial charge on any atom is 0.334 e. The Morgan fingerprint density at radius 1 is 0.271 bits per heavy atom. The quantitative estimate of drug-likeness (QED) is 0.152. The summed E-state index contributed by atoms with van der Waals surface area (Å²) in [7, 11) is 9.64. The Hall–Kier alpha value is -16.0. The highest BCUT2D eigenvalue weighted by Gasteiger charge is 2.30. The molecule has 0 bridgehead atoms. The van der Waals surface area contributed by atoms with Crippen molar-refractivity contribution >= 4 is 164 Å². The highest BCUT2D eigenvalue weighted by Crippen LogP contribution is 2.46. The van der Waals surface area contributed by atoms with Crippen LogP contribution >= 0.6 is 0 Å². The number of rotatable bonds is 5. The largest absolute Gasteiger partial charge is 0.455 e. The van der Waals surface area contributed by atoms with Gasteiger partial charge in [-0.3, -0.25) is 0 Å². The molecule has 25 aromatic rings. The van der Waals surface area contributed by atoms with Crippen molar-refractivity contribution in [3.63, 3.8) is 0 Å². The number of nitrogens with zero attached hydrogens (tertiary/aromatic N) is 10. The summed E-state index contributed by atoms with van der Waals surface area (Å²) in [6.07, 6.45) is 11.2. The number of hydrogen-bond donors (Lipinski definition) is 0. The molecule has 0 radical (unpaired) electrons. The molecule has 0 atom stereocenters. The minimum Gasteiger partial charge on any atom is -0.455 e. The van der Waals surface area contributed by atoms with Crippen LogP contribution in [0.4, 0.5) is 0 Å². The molecule has 0 N–H and O–H groups in total. The summed E-state index contributed by atoms with van der Waals surface area (Å²) in [5.41, 5.74) is 24.5. The first kappa shape index (κ1) is 73.4. The number of furan rings is 5. The van der Waals surface area contributed by atoms with E-state index >= 15 is 0 Å². The summed E-state index contributed by atoms with van der Waals surface area (Å²) in [5.74, 6) is 1.65. The van der Waals surface area contributed by atoms with Gasteiger partial charge in [-0.25, -0.2) is 9.13 Å². The lowest BCUT2D eigenvalue weighted by molar-refractivity contribution is -0.720. The monoisotopic (exact) mass is 1690 g/mol. The molecule has 0 amide bonds. The second-order valence-corrected chi connectivity index (χ2v) is 33.7. The third kappa shape index (κ3) is 14.2. The van der Waals surface area contributed by atoms with Crippen molar-refractivity contribution in [2.24, 2.45) is 35.2 Å². The van der Waals surface area contributed by atoms with E-state index in [-0.39, 0.29) is 5.69 Å². The molecule has 15 heteroatoms. The highest BCUT2D eigenvalue weighted by molar-refractivity contribution is 6.19. The fourth-order valence-corrected chi connectivity index (χ4v) is 18.6. The van der Waals surface area contributed by atoms with Gasteiger partial charge in [-0.1, -0.05) is 178 Å². The average molecular weight is 1690 g/mol. The Balaban J connectivity index is 0.000000101. The number of fused-ring (bicyclic) bond motifs is 20. The molecule has 25 rings (SSSR count). The molecule has 0 aliphatic heterocycles. The topological polar surface area (TPSA) is 150 Å². The lowest BCUT2D eigenvalue weighted by atomic mass is 9.97. The number of aromatic nitrogens is 10. The molecule has 129 heavy (non-hydrogen) atoms. The summed E-state index contributed by atoms with van der Waals surface area (Å²) < 4.78 is 88.3. The number of hydrogen-bond acceptors (Lipinski definition) is 10. The zero-order valence-corrected chi connectivity index (χ0v) is 73.5. The van der Waals surface area contributed by atoms with Crippen LogP contribution in [0, 0.1) is 62.2 Å². The lowest BCUT2D eigenvalue weighted by Crippen LogP contribution is -2.36. The third-order valence-electron chi connectivity index (χ3n) is 25.3. The molecular weight excluding hydrogens is 1590 g/mol. The van der Waals surface area contributed by atoms with Gasteiger partial charge in [-0.15, -0.1) is 0 Å². The van der Waals surface area contributed by atoms with Crippen LogP contribution in [0.3, 0.4) is 0 Å². The van der Waals surface area contributed by atoms with E-state index in [2.05, 4.69) is 248 Å². The second-order valence-electron chi connectivity index (χ2n) is 33.7. The third-order valence-corrected chi connectivity index (χ3v) is 25.3. The maximum absolute atomic E-state index is 8.12. The highest BCUT2D eigenvalue weighted by atomic mass is 16.3. The molecule has 0 aliphatic rings. The number of benzene rings is 15. The van der Waals surface area contributed by atoms with Gasteiger partial charge in [0.05, 0.1) is 55.6 Å². The van der Waals surface area contributed by atoms with Gasteiger partial charge < -0.3 is 22.1 Å². The molecule has 0 unspecified atom stereocenters. The number of aryl methyl sites for hydroxylation is 13. The van der Waals surface area contributed by atoms with Gasteiger partial charge in [0.25, 0.3) is 0 Å². The minimum absolute atomic E-state index is 0.0735. The van der Waals surface area contributed by atoms with Gasteiger partial charge in [-0.2, -0.15) is 0 Å². The van der Waals surface area contributed by atoms with E-state index in [4.69, 9.17) is 30.3 Å². The van der Waals surface area contributed by atoms with Crippen LogP contribution in [-0.4, -0.2) is 25.3 Å². The van der Waals surface area contributed by atoms with Gasteiger partial charge in [0.1, 0.15) is 73.9 Å². The van der Waals surface area contributed by atoms with Crippen molar-refractivity contribution in [2.45, 2.75) is 62.2 Å². The predicted octanol–water partition coefficient (Wildman–Crippen LogP) is 25.9. The first-order chi connectivity index (χ1) is 65.1.